The van der Waals surface area contributed by atoms with Gasteiger partial charge in [-0.1, -0.05) is 0 Å². The highest BCUT2D eigenvalue weighted by Gasteiger charge is 2.61. The molecule has 0 fully saturated rings. The largest absolute Gasteiger partial charge is 0.517 e. The zero-order chi connectivity index (χ0) is 19.1. The van der Waals surface area contributed by atoms with Gasteiger partial charge in [0.15, 0.2) is 0 Å². The summed E-state index contributed by atoms with van der Waals surface area (Å²) in [5.74, 6) is -1.13. The van der Waals surface area contributed by atoms with E-state index in [1.807, 2.05) is 0 Å². The van der Waals surface area contributed by atoms with Gasteiger partial charge in [-0.25, -0.2) is 0 Å². The molecule has 0 saturated carbocycles. The summed E-state index contributed by atoms with van der Waals surface area (Å²) in [7, 11) is -13.9. The Kier molecular flexibility index (Phi) is 4.84. The number of primary amides is 1. The number of carbonyl (C=O) groups excluding carboxylic acids is 1. The van der Waals surface area contributed by atoms with E-state index in [2.05, 4.69) is 0 Å². The Bertz CT molecular complexity index is 798. The lowest BCUT2D eigenvalue weighted by molar-refractivity contribution is -0.0462. The maximum atomic E-state index is 12.6. The third kappa shape index (κ3) is 3.40. The number of benzene rings is 1. The van der Waals surface area contributed by atoms with E-state index in [9.17, 15) is 48.0 Å². The molecule has 2 N–H and O–H groups in total. The highest BCUT2D eigenvalue weighted by Crippen LogP contribution is 2.38. The Balaban J connectivity index is 3.73. The lowest BCUT2D eigenvalue weighted by atomic mass is 10.2. The van der Waals surface area contributed by atoms with Crippen molar-refractivity contribution in [1.29, 1.82) is 0 Å². The van der Waals surface area contributed by atoms with Crippen molar-refractivity contribution in [3.05, 3.63) is 29.8 Å². The van der Waals surface area contributed by atoms with Crippen LogP contribution in [0.25, 0.3) is 0 Å². The van der Waals surface area contributed by atoms with Crippen LogP contribution in [0.5, 0.6) is 0 Å². The summed E-state index contributed by atoms with van der Waals surface area (Å²) in [6, 6.07) is 1.63. The molecule has 24 heavy (non-hydrogen) atoms. The zero-order valence-corrected chi connectivity index (χ0v) is 12.6. The first-order chi connectivity index (χ1) is 10.5. The molecular formula is C9H6F6N2O5S2. The second-order valence-electron chi connectivity index (χ2n) is 4.01. The number of halogens is 6. The summed E-state index contributed by atoms with van der Waals surface area (Å²) in [6.45, 7) is 0. The molecule has 1 amide bonds. The van der Waals surface area contributed by atoms with Gasteiger partial charge in [0.2, 0.25) is 5.91 Å². The summed E-state index contributed by atoms with van der Waals surface area (Å²) in [5.41, 5.74) is -9.79. The molecule has 0 heterocycles. The minimum absolute atomic E-state index is 0.257. The van der Waals surface area contributed by atoms with Crippen LogP contribution in [0.2, 0.25) is 0 Å². The lowest BCUT2D eigenvalue weighted by Crippen LogP contribution is -2.49. The highest BCUT2D eigenvalue weighted by atomic mass is 32.3. The SMILES string of the molecule is NC(=O)c1ccc(N(S(=O)(=O)C(F)(F)F)S(=O)(=O)C(F)(F)F)cc1. The number of nitrogens with two attached hydrogens (primary N) is 1. The summed E-state index contributed by atoms with van der Waals surface area (Å²) >= 11 is 0. The fourth-order valence-electron chi connectivity index (χ4n) is 1.34. The van der Waals surface area contributed by atoms with E-state index < -0.39 is 51.9 Å². The molecule has 0 aromatic heterocycles. The Morgan fingerprint density at radius 3 is 1.42 bits per heavy atom. The van der Waals surface area contributed by atoms with Gasteiger partial charge in [0.25, 0.3) is 0 Å². The van der Waals surface area contributed by atoms with Crippen LogP contribution in [0, 0.1) is 0 Å². The van der Waals surface area contributed by atoms with Crippen LogP contribution in [0.15, 0.2) is 24.3 Å². The summed E-state index contributed by atoms with van der Waals surface area (Å²) in [6.07, 6.45) is 0. The third-order valence-electron chi connectivity index (χ3n) is 2.38. The third-order valence-corrected chi connectivity index (χ3v) is 6.03. The fraction of sp³-hybridized carbons (Fsp3) is 0.222. The van der Waals surface area contributed by atoms with Crippen LogP contribution in [-0.4, -0.2) is 33.8 Å². The molecule has 0 aliphatic carbocycles. The van der Waals surface area contributed by atoms with E-state index in [1.165, 1.54) is 0 Å². The molecule has 0 unspecified atom stereocenters. The molecule has 0 aliphatic rings. The van der Waals surface area contributed by atoms with Crippen LogP contribution < -0.4 is 9.44 Å². The van der Waals surface area contributed by atoms with Gasteiger partial charge < -0.3 is 5.73 Å². The van der Waals surface area contributed by atoms with Gasteiger partial charge in [-0.15, -0.1) is 3.71 Å². The Hall–Kier alpha value is -2.03. The molecule has 136 valence electrons. The quantitative estimate of drug-likeness (QED) is 0.765. The molecule has 0 atom stereocenters. The predicted octanol–water partition coefficient (Wildman–Crippen LogP) is 1.29. The lowest BCUT2D eigenvalue weighted by Gasteiger charge is -2.25. The maximum absolute atomic E-state index is 12.6. The Morgan fingerprint density at radius 1 is 0.833 bits per heavy atom. The van der Waals surface area contributed by atoms with Crippen molar-refractivity contribution in [3.8, 4) is 0 Å². The van der Waals surface area contributed by atoms with Crippen molar-refractivity contribution in [2.45, 2.75) is 11.0 Å². The van der Waals surface area contributed by atoms with Gasteiger partial charge in [-0.3, -0.25) is 4.79 Å². The van der Waals surface area contributed by atoms with E-state index in [1.54, 1.807) is 0 Å². The van der Waals surface area contributed by atoms with Crippen molar-refractivity contribution >= 4 is 31.6 Å². The van der Waals surface area contributed by atoms with Gasteiger partial charge in [-0.2, -0.15) is 43.2 Å². The molecule has 0 spiro atoms. The van der Waals surface area contributed by atoms with Crippen molar-refractivity contribution in [2.75, 3.05) is 3.71 Å². The van der Waals surface area contributed by atoms with Gasteiger partial charge >= 0.3 is 31.1 Å². The molecule has 0 bridgehead atoms. The summed E-state index contributed by atoms with van der Waals surface area (Å²) < 4.78 is 119. The van der Waals surface area contributed by atoms with E-state index in [0.29, 0.717) is 12.1 Å². The predicted molar refractivity (Wildman–Crippen MR) is 67.4 cm³/mol. The van der Waals surface area contributed by atoms with E-state index in [-0.39, 0.29) is 12.1 Å². The number of hydrogen-bond acceptors (Lipinski definition) is 5. The van der Waals surface area contributed by atoms with Crippen molar-refractivity contribution in [2.24, 2.45) is 5.73 Å². The number of hydrogen-bond donors (Lipinski definition) is 1. The minimum Gasteiger partial charge on any atom is -0.366 e. The summed E-state index contributed by atoms with van der Waals surface area (Å²) in [4.78, 5) is 10.8. The minimum atomic E-state index is -6.96. The average Bonchev–Trinajstić information content (AvgIpc) is 2.36. The molecule has 0 saturated heterocycles. The second-order valence-corrected chi connectivity index (χ2v) is 7.80. The number of alkyl halides is 6. The van der Waals surface area contributed by atoms with Crippen LogP contribution in [0.3, 0.4) is 0 Å². The first-order valence-electron chi connectivity index (χ1n) is 5.36. The molecule has 1 aromatic rings. The van der Waals surface area contributed by atoms with Crippen LogP contribution in [-0.2, 0) is 20.0 Å². The van der Waals surface area contributed by atoms with E-state index in [4.69, 9.17) is 5.73 Å². The van der Waals surface area contributed by atoms with Crippen molar-refractivity contribution < 1.29 is 48.0 Å². The van der Waals surface area contributed by atoms with Crippen molar-refractivity contribution in [1.82, 2.24) is 0 Å². The van der Waals surface area contributed by atoms with E-state index >= 15 is 0 Å². The molecular weight excluding hydrogens is 394 g/mol. The number of rotatable bonds is 4. The van der Waals surface area contributed by atoms with Gasteiger partial charge in [0.1, 0.15) is 0 Å². The fourth-order valence-corrected chi connectivity index (χ4v) is 4.06. The molecule has 15 heteroatoms. The standard InChI is InChI=1S/C9H6F6N2O5S2/c10-8(11,12)23(19,20)17(24(21,22)9(13,14)15)6-3-1-5(2-4-6)7(16)18/h1-4H,(H2,16,18). The molecule has 0 radical (unpaired) electrons. The first-order valence-corrected chi connectivity index (χ1v) is 8.24. The number of amides is 1. The number of nitrogens with zero attached hydrogens (tertiary/aromatic N) is 1. The topological polar surface area (TPSA) is 115 Å². The Morgan fingerprint density at radius 2 is 1.17 bits per heavy atom. The maximum Gasteiger partial charge on any atom is 0.517 e. The number of sulfonamides is 2. The Labute approximate surface area is 130 Å². The van der Waals surface area contributed by atoms with Gasteiger partial charge in [0, 0.05) is 5.56 Å². The second kappa shape index (κ2) is 5.80. The van der Waals surface area contributed by atoms with Crippen LogP contribution >= 0.6 is 0 Å². The van der Waals surface area contributed by atoms with Gasteiger partial charge in [-0.05, 0) is 24.3 Å². The van der Waals surface area contributed by atoms with Crippen LogP contribution in [0.1, 0.15) is 10.4 Å². The zero-order valence-electron chi connectivity index (χ0n) is 11.0. The molecule has 7 nitrogen and oxygen atoms in total. The smallest absolute Gasteiger partial charge is 0.366 e. The van der Waals surface area contributed by atoms with Crippen LogP contribution in [0.4, 0.5) is 32.0 Å². The molecule has 0 aliphatic heterocycles. The molecule has 1 aromatic carbocycles. The van der Waals surface area contributed by atoms with Crippen molar-refractivity contribution in [3.63, 3.8) is 0 Å². The highest BCUT2D eigenvalue weighted by molar-refractivity contribution is 8.11. The molecule has 1 rings (SSSR count). The van der Waals surface area contributed by atoms with Gasteiger partial charge in [0.05, 0.1) is 5.69 Å². The average molecular weight is 400 g/mol. The first kappa shape index (κ1) is 20.0. The summed E-state index contributed by atoms with van der Waals surface area (Å²) in [5, 5.41) is 0. The van der Waals surface area contributed by atoms with E-state index in [0.717, 1.165) is 0 Å². The monoisotopic (exact) mass is 400 g/mol. The number of carbonyl (C=O) groups is 1. The number of anilines is 1. The normalized spacial score (nSPS) is 13.6.